The Morgan fingerprint density at radius 2 is 1.87 bits per heavy atom. The van der Waals surface area contributed by atoms with Crippen LogP contribution >= 0.6 is 0 Å². The highest BCUT2D eigenvalue weighted by Gasteiger charge is 2.52. The summed E-state index contributed by atoms with van der Waals surface area (Å²) < 4.78 is 10.8. The Hall–Kier alpha value is -2.74. The number of ether oxygens (including phenoxy) is 1. The highest BCUT2D eigenvalue weighted by atomic mass is 16.5. The Morgan fingerprint density at radius 3 is 2.50 bits per heavy atom. The number of benzene rings is 1. The number of aromatic nitrogens is 2. The third-order valence-corrected chi connectivity index (χ3v) is 6.42. The summed E-state index contributed by atoms with van der Waals surface area (Å²) in [6.07, 6.45) is 2.02. The van der Waals surface area contributed by atoms with Gasteiger partial charge in [0.25, 0.3) is 0 Å². The molecule has 8 nitrogen and oxygen atoms in total. The molecule has 0 bridgehead atoms. The van der Waals surface area contributed by atoms with E-state index < -0.39 is 0 Å². The maximum atomic E-state index is 12.8. The lowest BCUT2D eigenvalue weighted by Crippen LogP contribution is -2.46. The molecule has 4 rings (SSSR count). The number of methoxy groups -OCH3 is 1. The molecule has 30 heavy (non-hydrogen) atoms. The van der Waals surface area contributed by atoms with Crippen LogP contribution in [0.25, 0.3) is 0 Å². The molecule has 2 aliphatic heterocycles. The van der Waals surface area contributed by atoms with Gasteiger partial charge in [0, 0.05) is 45.6 Å². The fourth-order valence-corrected chi connectivity index (χ4v) is 4.76. The molecule has 2 aromatic rings. The van der Waals surface area contributed by atoms with Gasteiger partial charge in [-0.2, -0.15) is 0 Å². The number of hydrogen-bond acceptors (Lipinski definition) is 6. The van der Waals surface area contributed by atoms with Crippen LogP contribution in [0.4, 0.5) is 0 Å². The highest BCUT2D eigenvalue weighted by Crippen LogP contribution is 2.49. The van der Waals surface area contributed by atoms with Gasteiger partial charge in [0.1, 0.15) is 6.61 Å². The van der Waals surface area contributed by atoms with Gasteiger partial charge in [-0.05, 0) is 18.4 Å². The first-order chi connectivity index (χ1) is 14.5. The number of carbonyl (C=O) groups excluding carboxylic acids is 2. The van der Waals surface area contributed by atoms with Crippen molar-refractivity contribution in [2.45, 2.75) is 32.1 Å². The van der Waals surface area contributed by atoms with Crippen LogP contribution in [-0.2, 0) is 20.7 Å². The van der Waals surface area contributed by atoms with Gasteiger partial charge in [0.2, 0.25) is 23.6 Å². The first-order valence-electron chi connectivity index (χ1n) is 10.4. The summed E-state index contributed by atoms with van der Waals surface area (Å²) in [7, 11) is 1.53. The monoisotopic (exact) mass is 412 g/mol. The maximum absolute atomic E-state index is 12.8. The number of aryl methyl sites for hydroxylation is 1. The van der Waals surface area contributed by atoms with E-state index in [-0.39, 0.29) is 29.8 Å². The molecule has 2 aliphatic rings. The molecule has 1 spiro atoms. The molecule has 2 fully saturated rings. The van der Waals surface area contributed by atoms with Crippen molar-refractivity contribution < 1.29 is 18.7 Å². The minimum atomic E-state index is -0.161. The standard InChI is InChI=1S/C22H28N4O4/c1-16-23-24-21(30-16)18-13-26(20(28)14-29-2)15-22(18)8-10-25(11-9-22)19(27)12-17-6-4-3-5-7-17/h3-7,18H,8-15H2,1-2H3. The lowest BCUT2D eigenvalue weighted by Gasteiger charge is -2.41. The van der Waals surface area contributed by atoms with E-state index in [1.807, 2.05) is 40.1 Å². The fourth-order valence-electron chi connectivity index (χ4n) is 4.76. The van der Waals surface area contributed by atoms with Crippen molar-refractivity contribution in [3.8, 4) is 0 Å². The van der Waals surface area contributed by atoms with Gasteiger partial charge in [-0.15, -0.1) is 10.2 Å². The number of hydrogen-bond donors (Lipinski definition) is 0. The minimum Gasteiger partial charge on any atom is -0.425 e. The van der Waals surface area contributed by atoms with Crippen molar-refractivity contribution in [1.82, 2.24) is 20.0 Å². The van der Waals surface area contributed by atoms with E-state index in [0.29, 0.717) is 44.4 Å². The van der Waals surface area contributed by atoms with Crippen LogP contribution in [0.1, 0.15) is 36.1 Å². The molecule has 0 N–H and O–H groups in total. The van der Waals surface area contributed by atoms with E-state index in [1.54, 1.807) is 6.92 Å². The zero-order valence-corrected chi connectivity index (χ0v) is 17.5. The van der Waals surface area contributed by atoms with Crippen LogP contribution in [0, 0.1) is 12.3 Å². The molecule has 8 heteroatoms. The van der Waals surface area contributed by atoms with Crippen molar-refractivity contribution >= 4 is 11.8 Å². The molecule has 3 heterocycles. The first kappa shape index (κ1) is 20.5. The normalized spacial score (nSPS) is 20.7. The van der Waals surface area contributed by atoms with E-state index in [1.165, 1.54) is 7.11 Å². The Bertz CT molecular complexity index is 890. The molecule has 2 saturated heterocycles. The van der Waals surface area contributed by atoms with E-state index in [9.17, 15) is 9.59 Å². The Labute approximate surface area is 176 Å². The summed E-state index contributed by atoms with van der Waals surface area (Å²) in [5.41, 5.74) is 0.866. The van der Waals surface area contributed by atoms with E-state index in [4.69, 9.17) is 9.15 Å². The summed E-state index contributed by atoms with van der Waals surface area (Å²) in [6.45, 7) is 4.34. The zero-order valence-electron chi connectivity index (χ0n) is 17.5. The van der Waals surface area contributed by atoms with E-state index >= 15 is 0 Å². The summed E-state index contributed by atoms with van der Waals surface area (Å²) >= 11 is 0. The number of piperidine rings is 1. The quantitative estimate of drug-likeness (QED) is 0.744. The van der Waals surface area contributed by atoms with Crippen LogP contribution in [0.5, 0.6) is 0 Å². The van der Waals surface area contributed by atoms with Gasteiger partial charge in [0.15, 0.2) is 0 Å². The van der Waals surface area contributed by atoms with Crippen molar-refractivity contribution in [2.75, 3.05) is 39.9 Å². The van der Waals surface area contributed by atoms with Gasteiger partial charge in [-0.25, -0.2) is 0 Å². The molecule has 1 aromatic carbocycles. The molecule has 0 aliphatic carbocycles. The van der Waals surface area contributed by atoms with Gasteiger partial charge in [0.05, 0.1) is 12.3 Å². The Balaban J connectivity index is 1.47. The van der Waals surface area contributed by atoms with Crippen molar-refractivity contribution in [3.05, 3.63) is 47.7 Å². The number of carbonyl (C=O) groups is 2. The molecule has 1 atom stereocenters. The average Bonchev–Trinajstić information content (AvgIpc) is 3.33. The molecular weight excluding hydrogens is 384 g/mol. The van der Waals surface area contributed by atoms with Gasteiger partial charge >= 0.3 is 0 Å². The smallest absolute Gasteiger partial charge is 0.248 e. The zero-order chi connectivity index (χ0) is 21.1. The number of nitrogens with zero attached hydrogens (tertiary/aromatic N) is 4. The molecular formula is C22H28N4O4. The lowest BCUT2D eigenvalue weighted by molar-refractivity contribution is -0.136. The number of rotatable bonds is 5. The van der Waals surface area contributed by atoms with Gasteiger partial charge < -0.3 is 19.0 Å². The minimum absolute atomic E-state index is 0.0223. The Morgan fingerprint density at radius 1 is 1.13 bits per heavy atom. The van der Waals surface area contributed by atoms with E-state index in [2.05, 4.69) is 10.2 Å². The fraction of sp³-hybridized carbons (Fsp3) is 0.545. The third-order valence-electron chi connectivity index (χ3n) is 6.42. The van der Waals surface area contributed by atoms with Crippen molar-refractivity contribution in [2.24, 2.45) is 5.41 Å². The maximum Gasteiger partial charge on any atom is 0.248 e. The van der Waals surface area contributed by atoms with Crippen LogP contribution in [0.15, 0.2) is 34.7 Å². The van der Waals surface area contributed by atoms with Gasteiger partial charge in [-0.1, -0.05) is 30.3 Å². The average molecular weight is 412 g/mol. The predicted octanol–water partition coefficient (Wildman–Crippen LogP) is 1.80. The van der Waals surface area contributed by atoms with Crippen LogP contribution in [0.2, 0.25) is 0 Å². The molecule has 1 unspecified atom stereocenters. The second-order valence-electron chi connectivity index (χ2n) is 8.32. The molecule has 0 saturated carbocycles. The second-order valence-corrected chi connectivity index (χ2v) is 8.32. The Kier molecular flexibility index (Phi) is 5.85. The molecule has 160 valence electrons. The summed E-state index contributed by atoms with van der Waals surface area (Å²) in [4.78, 5) is 29.1. The van der Waals surface area contributed by atoms with Crippen molar-refractivity contribution in [3.63, 3.8) is 0 Å². The third kappa shape index (κ3) is 4.09. The summed E-state index contributed by atoms with van der Waals surface area (Å²) in [5, 5.41) is 8.26. The summed E-state index contributed by atoms with van der Waals surface area (Å²) in [6, 6.07) is 9.82. The lowest BCUT2D eigenvalue weighted by atomic mass is 9.70. The van der Waals surface area contributed by atoms with Crippen LogP contribution < -0.4 is 0 Å². The van der Waals surface area contributed by atoms with Crippen LogP contribution in [0.3, 0.4) is 0 Å². The molecule has 0 radical (unpaired) electrons. The first-order valence-corrected chi connectivity index (χ1v) is 10.4. The van der Waals surface area contributed by atoms with E-state index in [0.717, 1.165) is 18.4 Å². The molecule has 2 amide bonds. The van der Waals surface area contributed by atoms with Crippen LogP contribution in [-0.4, -0.2) is 71.7 Å². The number of likely N-dealkylation sites (tertiary alicyclic amines) is 2. The number of amides is 2. The van der Waals surface area contributed by atoms with Crippen molar-refractivity contribution in [1.29, 1.82) is 0 Å². The SMILES string of the molecule is COCC(=O)N1CC(c2nnc(C)o2)C2(CCN(C(=O)Cc3ccccc3)CC2)C1. The topological polar surface area (TPSA) is 88.8 Å². The summed E-state index contributed by atoms with van der Waals surface area (Å²) in [5.74, 6) is 1.21. The molecule has 1 aromatic heterocycles. The highest BCUT2D eigenvalue weighted by molar-refractivity contribution is 5.79. The second kappa shape index (κ2) is 8.55. The largest absolute Gasteiger partial charge is 0.425 e. The van der Waals surface area contributed by atoms with Gasteiger partial charge in [-0.3, -0.25) is 9.59 Å². The predicted molar refractivity (Wildman–Crippen MR) is 109 cm³/mol.